The molecule has 9 nitrogen and oxygen atoms in total. The van der Waals surface area contributed by atoms with E-state index in [0.717, 1.165) is 34.3 Å². The van der Waals surface area contributed by atoms with Gasteiger partial charge in [-0.2, -0.15) is 9.65 Å². The van der Waals surface area contributed by atoms with Crippen LogP contribution in [0.5, 0.6) is 0 Å². The largest absolute Gasteiger partial charge is 0.373 e. The van der Waals surface area contributed by atoms with Gasteiger partial charge in [0.05, 0.1) is 47.0 Å². The first-order valence-electron chi connectivity index (χ1n) is 10.1. The first-order chi connectivity index (χ1) is 16.0. The molecule has 0 unspecified atom stereocenters. The van der Waals surface area contributed by atoms with Crippen molar-refractivity contribution in [3.63, 3.8) is 0 Å². The Morgan fingerprint density at radius 2 is 2.15 bits per heavy atom. The van der Waals surface area contributed by atoms with E-state index < -0.39 is 16.4 Å². The molecule has 0 radical (unpaired) electrons. The van der Waals surface area contributed by atoms with Crippen LogP contribution in [0.25, 0.3) is 22.2 Å². The molecule has 1 N–H and O–H groups in total. The Hall–Kier alpha value is -4.36. The Morgan fingerprint density at radius 3 is 2.94 bits per heavy atom. The number of rotatable bonds is 4. The number of halogens is 1. The molecule has 2 aromatic heterocycles. The van der Waals surface area contributed by atoms with Crippen LogP contribution in [-0.4, -0.2) is 26.1 Å². The van der Waals surface area contributed by atoms with Gasteiger partial charge in [0, 0.05) is 29.1 Å². The maximum atomic E-state index is 13.9. The second-order valence-electron chi connectivity index (χ2n) is 7.61. The number of fused-ring (bicyclic) bond motifs is 3. The summed E-state index contributed by atoms with van der Waals surface area (Å²) in [6.45, 7) is 3.28. The second kappa shape index (κ2) is 7.96. The summed E-state index contributed by atoms with van der Waals surface area (Å²) in [4.78, 5) is 19.2. The number of nitro benzene ring substituents is 1. The SMILES string of the molecule is Cc1cc(F)c([N+](=O)[O-])cc1Nc1ncc(C#N)c(-c2c3n(c4ccccc24)CCOC3)n1. The molecule has 2 aromatic carbocycles. The van der Waals surface area contributed by atoms with Crippen molar-refractivity contribution < 1.29 is 14.1 Å². The molecular formula is C23H17FN6O3. The van der Waals surface area contributed by atoms with E-state index in [1.807, 2.05) is 24.3 Å². The van der Waals surface area contributed by atoms with Gasteiger partial charge in [0.2, 0.25) is 11.8 Å². The van der Waals surface area contributed by atoms with Crippen molar-refractivity contribution in [2.45, 2.75) is 20.1 Å². The third-order valence-corrected chi connectivity index (χ3v) is 5.66. The van der Waals surface area contributed by atoms with E-state index in [2.05, 4.69) is 25.9 Å². The van der Waals surface area contributed by atoms with E-state index in [1.54, 1.807) is 6.92 Å². The fourth-order valence-corrected chi connectivity index (χ4v) is 4.12. The van der Waals surface area contributed by atoms with E-state index in [0.29, 0.717) is 36.7 Å². The average molecular weight is 444 g/mol. The quantitative estimate of drug-likeness (QED) is 0.361. The molecule has 33 heavy (non-hydrogen) atoms. The van der Waals surface area contributed by atoms with Crippen LogP contribution in [0.3, 0.4) is 0 Å². The maximum Gasteiger partial charge on any atom is 0.306 e. The number of nitriles is 1. The fourth-order valence-electron chi connectivity index (χ4n) is 4.12. The van der Waals surface area contributed by atoms with E-state index in [9.17, 15) is 19.8 Å². The number of para-hydroxylation sites is 1. The minimum Gasteiger partial charge on any atom is -0.373 e. The summed E-state index contributed by atoms with van der Waals surface area (Å²) < 4.78 is 21.8. The smallest absolute Gasteiger partial charge is 0.306 e. The summed E-state index contributed by atoms with van der Waals surface area (Å²) in [7, 11) is 0. The zero-order chi connectivity index (χ0) is 23.1. The molecular weight excluding hydrogens is 427 g/mol. The van der Waals surface area contributed by atoms with Gasteiger partial charge in [0.1, 0.15) is 6.07 Å². The number of hydrogen-bond acceptors (Lipinski definition) is 7. The lowest BCUT2D eigenvalue weighted by molar-refractivity contribution is -0.387. The molecule has 0 spiro atoms. The van der Waals surface area contributed by atoms with Gasteiger partial charge in [0.25, 0.3) is 0 Å². The third kappa shape index (κ3) is 3.44. The van der Waals surface area contributed by atoms with Gasteiger partial charge in [-0.05, 0) is 24.6 Å². The maximum absolute atomic E-state index is 13.9. The van der Waals surface area contributed by atoms with Crippen molar-refractivity contribution in [1.29, 1.82) is 5.26 Å². The van der Waals surface area contributed by atoms with Gasteiger partial charge in [-0.15, -0.1) is 0 Å². The monoisotopic (exact) mass is 444 g/mol. The molecule has 0 fully saturated rings. The number of benzene rings is 2. The molecule has 1 aliphatic rings. The van der Waals surface area contributed by atoms with E-state index in [1.165, 1.54) is 6.20 Å². The summed E-state index contributed by atoms with van der Waals surface area (Å²) >= 11 is 0. The van der Waals surface area contributed by atoms with Crippen LogP contribution < -0.4 is 5.32 Å². The molecule has 5 rings (SSSR count). The van der Waals surface area contributed by atoms with Crippen LogP contribution in [0.2, 0.25) is 0 Å². The van der Waals surface area contributed by atoms with Crippen LogP contribution in [0, 0.1) is 34.2 Å². The lowest BCUT2D eigenvalue weighted by Crippen LogP contribution is -2.16. The summed E-state index contributed by atoms with van der Waals surface area (Å²) in [6.07, 6.45) is 1.40. The number of nitrogens with zero attached hydrogens (tertiary/aromatic N) is 5. The molecule has 1 aliphatic heterocycles. The molecule has 0 bridgehead atoms. The Kier molecular flexibility index (Phi) is 4.95. The van der Waals surface area contributed by atoms with Gasteiger partial charge in [0.15, 0.2) is 0 Å². The highest BCUT2D eigenvalue weighted by Gasteiger charge is 2.25. The summed E-state index contributed by atoms with van der Waals surface area (Å²) in [5, 5.41) is 24.8. The van der Waals surface area contributed by atoms with Gasteiger partial charge in [-0.3, -0.25) is 10.1 Å². The van der Waals surface area contributed by atoms with Crippen LogP contribution in [0.1, 0.15) is 16.8 Å². The van der Waals surface area contributed by atoms with Crippen LogP contribution in [0.15, 0.2) is 42.6 Å². The second-order valence-corrected chi connectivity index (χ2v) is 7.61. The number of nitro groups is 1. The van der Waals surface area contributed by atoms with Crippen molar-refractivity contribution in [2.24, 2.45) is 0 Å². The summed E-state index contributed by atoms with van der Waals surface area (Å²) in [5.74, 6) is -0.787. The minimum atomic E-state index is -0.920. The van der Waals surface area contributed by atoms with Gasteiger partial charge >= 0.3 is 5.69 Å². The minimum absolute atomic E-state index is 0.133. The number of ether oxygens (including phenoxy) is 1. The molecule has 0 atom stereocenters. The van der Waals surface area contributed by atoms with Crippen molar-refractivity contribution in [3.8, 4) is 17.3 Å². The van der Waals surface area contributed by atoms with E-state index in [4.69, 9.17) is 4.74 Å². The highest BCUT2D eigenvalue weighted by molar-refractivity contribution is 5.98. The Balaban J connectivity index is 1.66. The molecule has 0 aliphatic carbocycles. The van der Waals surface area contributed by atoms with Crippen LogP contribution in [-0.2, 0) is 17.9 Å². The number of hydrogen-bond donors (Lipinski definition) is 1. The van der Waals surface area contributed by atoms with Crippen LogP contribution >= 0.6 is 0 Å². The molecule has 4 aromatic rings. The lowest BCUT2D eigenvalue weighted by atomic mass is 10.0. The first-order valence-corrected chi connectivity index (χ1v) is 10.1. The van der Waals surface area contributed by atoms with Crippen molar-refractivity contribution in [3.05, 3.63) is 75.3 Å². The molecule has 10 heteroatoms. The highest BCUT2D eigenvalue weighted by Crippen LogP contribution is 2.38. The zero-order valence-electron chi connectivity index (χ0n) is 17.5. The van der Waals surface area contributed by atoms with Gasteiger partial charge in [-0.1, -0.05) is 18.2 Å². The van der Waals surface area contributed by atoms with Gasteiger partial charge < -0.3 is 14.6 Å². The Bertz CT molecular complexity index is 1470. The molecule has 3 heterocycles. The molecule has 0 amide bonds. The van der Waals surface area contributed by atoms with E-state index >= 15 is 0 Å². The predicted octanol–water partition coefficient (Wildman–Crippen LogP) is 4.60. The summed E-state index contributed by atoms with van der Waals surface area (Å²) in [5.41, 5.74) is 3.53. The molecule has 0 saturated carbocycles. The highest BCUT2D eigenvalue weighted by atomic mass is 19.1. The van der Waals surface area contributed by atoms with E-state index in [-0.39, 0.29) is 11.5 Å². The first kappa shape index (κ1) is 20.5. The molecule has 0 saturated heterocycles. The zero-order valence-corrected chi connectivity index (χ0v) is 17.5. The number of aromatic nitrogens is 3. The number of aryl methyl sites for hydroxylation is 1. The van der Waals surface area contributed by atoms with Crippen molar-refractivity contribution in [2.75, 3.05) is 11.9 Å². The lowest BCUT2D eigenvalue weighted by Gasteiger charge is -2.18. The number of anilines is 2. The standard InChI is InChI=1S/C23H17FN6O3/c1-13-8-16(24)19(30(31)32)9-17(13)27-23-26-11-14(10-25)22(28-23)21-15-4-2-3-5-18(15)29-6-7-33-12-20(21)29/h2-5,8-9,11H,6-7,12H2,1H3,(H,26,27,28). The average Bonchev–Trinajstić information content (AvgIpc) is 3.15. The summed E-state index contributed by atoms with van der Waals surface area (Å²) in [6, 6.07) is 12.2. The Morgan fingerprint density at radius 1 is 1.33 bits per heavy atom. The van der Waals surface area contributed by atoms with Crippen molar-refractivity contribution in [1.82, 2.24) is 14.5 Å². The van der Waals surface area contributed by atoms with Gasteiger partial charge in [-0.25, -0.2) is 9.97 Å². The Labute approximate surface area is 187 Å². The fraction of sp³-hybridized carbons (Fsp3) is 0.174. The molecule has 164 valence electrons. The third-order valence-electron chi connectivity index (χ3n) is 5.66. The predicted molar refractivity (Wildman–Crippen MR) is 118 cm³/mol. The van der Waals surface area contributed by atoms with Crippen molar-refractivity contribution >= 4 is 28.2 Å². The normalized spacial score (nSPS) is 12.9. The topological polar surface area (TPSA) is 119 Å². The van der Waals surface area contributed by atoms with Crippen LogP contribution in [0.4, 0.5) is 21.7 Å². The number of nitrogens with one attached hydrogen (secondary N) is 1.